The van der Waals surface area contributed by atoms with Crippen molar-refractivity contribution in [3.63, 3.8) is 0 Å². The molecule has 0 fully saturated rings. The van der Waals surface area contributed by atoms with Crippen LogP contribution in [0.25, 0.3) is 5.65 Å². The smallest absolute Gasteiger partial charge is 0.350 e. The Hall–Kier alpha value is -1.43. The van der Waals surface area contributed by atoms with Gasteiger partial charge in [-0.3, -0.25) is 0 Å². The van der Waals surface area contributed by atoms with Gasteiger partial charge >= 0.3 is 5.82 Å². The van der Waals surface area contributed by atoms with Gasteiger partial charge in [0.25, 0.3) is 0 Å². The van der Waals surface area contributed by atoms with Crippen molar-refractivity contribution >= 4 is 28.4 Å². The summed E-state index contributed by atoms with van der Waals surface area (Å²) < 4.78 is 1.47. The number of aryl methyl sites for hydroxylation is 1. The second kappa shape index (κ2) is 3.75. The van der Waals surface area contributed by atoms with Crippen LogP contribution in [0, 0.1) is 17.0 Å². The average molecular weight is 258 g/mol. The molecule has 74 valence electrons. The maximum absolute atomic E-state index is 10.6. The molecule has 0 aromatic carbocycles. The van der Waals surface area contributed by atoms with E-state index >= 15 is 0 Å². The van der Waals surface area contributed by atoms with Crippen molar-refractivity contribution in [2.45, 2.75) is 6.92 Å². The van der Waals surface area contributed by atoms with Crippen molar-refractivity contribution < 1.29 is 4.92 Å². The number of fused-ring (bicyclic) bond motifs is 1. The number of imidazole rings is 1. The Balaban J connectivity index is 0.000000980. The third-order valence-electron chi connectivity index (χ3n) is 1.85. The summed E-state index contributed by atoms with van der Waals surface area (Å²) in [7, 11) is 0. The number of nitro groups is 1. The Morgan fingerprint density at radius 3 is 2.86 bits per heavy atom. The van der Waals surface area contributed by atoms with Gasteiger partial charge in [-0.1, -0.05) is 6.07 Å². The van der Waals surface area contributed by atoms with Gasteiger partial charge in [-0.25, -0.2) is 4.98 Å². The molecule has 0 radical (unpaired) electrons. The van der Waals surface area contributed by atoms with E-state index in [1.54, 1.807) is 31.3 Å². The van der Waals surface area contributed by atoms with E-state index in [0.29, 0.717) is 11.3 Å². The monoisotopic (exact) mass is 257 g/mol. The highest BCUT2D eigenvalue weighted by molar-refractivity contribution is 8.93. The van der Waals surface area contributed by atoms with Crippen LogP contribution in [0.3, 0.4) is 0 Å². The number of nitrogens with zero attached hydrogens (tertiary/aromatic N) is 3. The van der Waals surface area contributed by atoms with E-state index < -0.39 is 4.92 Å². The van der Waals surface area contributed by atoms with Crippen LogP contribution in [0.2, 0.25) is 0 Å². The summed E-state index contributed by atoms with van der Waals surface area (Å²) in [6.07, 6.45) is 1.63. The minimum absolute atomic E-state index is 0. The van der Waals surface area contributed by atoms with Gasteiger partial charge in [0.1, 0.15) is 5.69 Å². The van der Waals surface area contributed by atoms with E-state index in [1.807, 2.05) is 0 Å². The largest absolute Gasteiger partial charge is 0.358 e. The summed E-state index contributed by atoms with van der Waals surface area (Å²) >= 11 is 0. The topological polar surface area (TPSA) is 60.4 Å². The van der Waals surface area contributed by atoms with Crippen molar-refractivity contribution in [3.8, 4) is 0 Å². The molecule has 0 atom stereocenters. The fourth-order valence-electron chi connectivity index (χ4n) is 1.32. The molecule has 2 heterocycles. The van der Waals surface area contributed by atoms with Crippen LogP contribution in [-0.2, 0) is 0 Å². The molecular weight excluding hydrogens is 250 g/mol. The summed E-state index contributed by atoms with van der Waals surface area (Å²) in [5.41, 5.74) is 1.04. The number of aromatic nitrogens is 2. The molecule has 0 saturated heterocycles. The zero-order valence-corrected chi connectivity index (χ0v) is 9.09. The average Bonchev–Trinajstić information content (AvgIpc) is 2.39. The lowest BCUT2D eigenvalue weighted by molar-refractivity contribution is -0.390. The standard InChI is InChI=1S/C8H7N3O2.BrH/c1-6-8(11(12)13)10-5-3-2-4-7(10)9-6;/h2-5H,1H3;1H. The van der Waals surface area contributed by atoms with E-state index in [-0.39, 0.29) is 22.8 Å². The summed E-state index contributed by atoms with van der Waals surface area (Å²) in [5, 5.41) is 10.6. The van der Waals surface area contributed by atoms with Crippen LogP contribution in [0.15, 0.2) is 24.4 Å². The van der Waals surface area contributed by atoms with Gasteiger partial charge < -0.3 is 10.1 Å². The van der Waals surface area contributed by atoms with Crippen LogP contribution < -0.4 is 0 Å². The molecule has 0 aliphatic rings. The molecule has 5 nitrogen and oxygen atoms in total. The fourth-order valence-corrected chi connectivity index (χ4v) is 1.32. The number of rotatable bonds is 1. The molecule has 0 bridgehead atoms. The Morgan fingerprint density at radius 1 is 1.50 bits per heavy atom. The first-order valence-electron chi connectivity index (χ1n) is 3.78. The van der Waals surface area contributed by atoms with Crippen LogP contribution >= 0.6 is 17.0 Å². The second-order valence-corrected chi connectivity index (χ2v) is 2.71. The molecule has 0 N–H and O–H groups in total. The summed E-state index contributed by atoms with van der Waals surface area (Å²) in [4.78, 5) is 14.3. The first kappa shape index (κ1) is 10.6. The lowest BCUT2D eigenvalue weighted by Crippen LogP contribution is -1.94. The second-order valence-electron chi connectivity index (χ2n) is 2.71. The first-order chi connectivity index (χ1) is 6.20. The van der Waals surface area contributed by atoms with E-state index in [1.165, 1.54) is 4.40 Å². The molecule has 2 aromatic rings. The molecule has 0 unspecified atom stereocenters. The SMILES string of the molecule is Br.Cc1nc2ccccn2c1[N+](=O)[O-]. The molecule has 2 rings (SSSR count). The molecule has 14 heavy (non-hydrogen) atoms. The zero-order valence-electron chi connectivity index (χ0n) is 7.38. The van der Waals surface area contributed by atoms with Crippen LogP contribution in [0.1, 0.15) is 5.69 Å². The van der Waals surface area contributed by atoms with Crippen molar-refractivity contribution in [2.24, 2.45) is 0 Å². The molecule has 0 spiro atoms. The number of hydrogen-bond donors (Lipinski definition) is 0. The third-order valence-corrected chi connectivity index (χ3v) is 1.85. The molecule has 2 aromatic heterocycles. The molecular formula is C8H8BrN3O2. The van der Waals surface area contributed by atoms with Crippen molar-refractivity contribution in [1.82, 2.24) is 9.38 Å². The molecule has 6 heteroatoms. The lowest BCUT2D eigenvalue weighted by Gasteiger charge is -1.92. The van der Waals surface area contributed by atoms with Gasteiger partial charge in [0.2, 0.25) is 5.65 Å². The maximum Gasteiger partial charge on any atom is 0.350 e. The number of halogens is 1. The first-order valence-corrected chi connectivity index (χ1v) is 3.78. The van der Waals surface area contributed by atoms with E-state index in [2.05, 4.69) is 4.98 Å². The quantitative estimate of drug-likeness (QED) is 0.581. The lowest BCUT2D eigenvalue weighted by atomic mass is 10.5. The van der Waals surface area contributed by atoms with E-state index in [0.717, 1.165) is 0 Å². The van der Waals surface area contributed by atoms with Gasteiger partial charge in [-0.15, -0.1) is 17.0 Å². The van der Waals surface area contributed by atoms with Crippen LogP contribution in [0.4, 0.5) is 5.82 Å². The van der Waals surface area contributed by atoms with Gasteiger partial charge in [-0.05, 0) is 17.9 Å². The maximum atomic E-state index is 10.6. The predicted octanol–water partition coefficient (Wildman–Crippen LogP) is 2.13. The Labute approximate surface area is 90.3 Å². The molecule has 0 aliphatic carbocycles. The Bertz CT molecular complexity index is 480. The van der Waals surface area contributed by atoms with E-state index in [4.69, 9.17) is 0 Å². The fraction of sp³-hybridized carbons (Fsp3) is 0.125. The van der Waals surface area contributed by atoms with Crippen LogP contribution in [0.5, 0.6) is 0 Å². The highest BCUT2D eigenvalue weighted by atomic mass is 79.9. The molecule has 0 aliphatic heterocycles. The highest BCUT2D eigenvalue weighted by Gasteiger charge is 2.17. The Kier molecular flexibility index (Phi) is 2.85. The highest BCUT2D eigenvalue weighted by Crippen LogP contribution is 2.18. The predicted molar refractivity (Wildman–Crippen MR) is 56.9 cm³/mol. The molecule has 0 amide bonds. The molecule has 0 saturated carbocycles. The normalized spacial score (nSPS) is 9.79. The minimum atomic E-state index is -0.421. The summed E-state index contributed by atoms with van der Waals surface area (Å²) in [6, 6.07) is 5.27. The Morgan fingerprint density at radius 2 is 2.21 bits per heavy atom. The van der Waals surface area contributed by atoms with Crippen LogP contribution in [-0.4, -0.2) is 14.3 Å². The van der Waals surface area contributed by atoms with Gasteiger partial charge in [0, 0.05) is 6.07 Å². The third kappa shape index (κ3) is 1.48. The minimum Gasteiger partial charge on any atom is -0.358 e. The van der Waals surface area contributed by atoms with Crippen molar-refractivity contribution in [2.75, 3.05) is 0 Å². The summed E-state index contributed by atoms with van der Waals surface area (Å²) in [5.74, 6) is 0.0376. The van der Waals surface area contributed by atoms with Crippen molar-refractivity contribution in [1.29, 1.82) is 0 Å². The van der Waals surface area contributed by atoms with Crippen molar-refractivity contribution in [3.05, 3.63) is 40.2 Å². The van der Waals surface area contributed by atoms with Gasteiger partial charge in [-0.2, -0.15) is 4.40 Å². The van der Waals surface area contributed by atoms with Gasteiger partial charge in [0.15, 0.2) is 0 Å². The number of pyridine rings is 1. The van der Waals surface area contributed by atoms with Gasteiger partial charge in [0.05, 0.1) is 6.20 Å². The van der Waals surface area contributed by atoms with E-state index in [9.17, 15) is 10.1 Å². The number of hydrogen-bond acceptors (Lipinski definition) is 3. The summed E-state index contributed by atoms with van der Waals surface area (Å²) in [6.45, 7) is 1.63. The zero-order chi connectivity index (χ0) is 9.42.